The molecular formula is C15H25N3O. The maximum absolute atomic E-state index is 6.06. The van der Waals surface area contributed by atoms with Gasteiger partial charge in [-0.25, -0.2) is 4.98 Å². The molecule has 2 rings (SSSR count). The quantitative estimate of drug-likeness (QED) is 0.884. The van der Waals surface area contributed by atoms with Crippen LogP contribution in [0.4, 0.5) is 0 Å². The molecule has 1 aliphatic carbocycles. The van der Waals surface area contributed by atoms with Gasteiger partial charge in [0.1, 0.15) is 0 Å². The van der Waals surface area contributed by atoms with Crippen LogP contribution in [0.5, 0.6) is 5.88 Å². The van der Waals surface area contributed by atoms with Crippen molar-refractivity contribution in [3.05, 3.63) is 23.9 Å². The molecule has 106 valence electrons. The van der Waals surface area contributed by atoms with Crippen LogP contribution in [0.25, 0.3) is 0 Å². The third-order valence-corrected chi connectivity index (χ3v) is 4.36. The minimum atomic E-state index is 0.156. The van der Waals surface area contributed by atoms with Crippen molar-refractivity contribution in [3.63, 3.8) is 0 Å². The third kappa shape index (κ3) is 3.25. The van der Waals surface area contributed by atoms with E-state index in [0.717, 1.165) is 18.8 Å². The van der Waals surface area contributed by atoms with Gasteiger partial charge in [0.05, 0.1) is 12.8 Å². The molecule has 4 heteroatoms. The maximum Gasteiger partial charge on any atom is 0.213 e. The molecule has 0 aromatic carbocycles. The van der Waals surface area contributed by atoms with E-state index in [-0.39, 0.29) is 5.54 Å². The van der Waals surface area contributed by atoms with Crippen LogP contribution in [-0.4, -0.2) is 36.1 Å². The van der Waals surface area contributed by atoms with Gasteiger partial charge in [-0.2, -0.15) is 0 Å². The van der Waals surface area contributed by atoms with Gasteiger partial charge in [-0.1, -0.05) is 25.3 Å². The van der Waals surface area contributed by atoms with Crippen molar-refractivity contribution >= 4 is 0 Å². The Balaban J connectivity index is 2.07. The molecule has 0 atom stereocenters. The van der Waals surface area contributed by atoms with E-state index in [1.807, 2.05) is 18.2 Å². The molecule has 0 radical (unpaired) electrons. The highest BCUT2D eigenvalue weighted by Gasteiger charge is 2.34. The van der Waals surface area contributed by atoms with E-state index >= 15 is 0 Å². The fourth-order valence-corrected chi connectivity index (χ4v) is 3.02. The number of aromatic nitrogens is 1. The van der Waals surface area contributed by atoms with Gasteiger partial charge in [0.15, 0.2) is 0 Å². The molecule has 1 heterocycles. The van der Waals surface area contributed by atoms with Gasteiger partial charge >= 0.3 is 0 Å². The van der Waals surface area contributed by atoms with E-state index in [2.05, 4.69) is 16.9 Å². The molecule has 4 nitrogen and oxygen atoms in total. The number of pyridine rings is 1. The second-order valence-corrected chi connectivity index (χ2v) is 5.52. The Labute approximate surface area is 116 Å². The first-order valence-corrected chi connectivity index (χ1v) is 7.11. The van der Waals surface area contributed by atoms with E-state index in [1.54, 1.807) is 7.11 Å². The Hall–Kier alpha value is -1.13. The molecule has 0 aliphatic heterocycles. The average Bonchev–Trinajstić information content (AvgIpc) is 2.48. The van der Waals surface area contributed by atoms with Crippen LogP contribution in [0, 0.1) is 0 Å². The highest BCUT2D eigenvalue weighted by molar-refractivity contribution is 5.16. The Kier molecular flexibility index (Phi) is 4.77. The molecule has 0 spiro atoms. The van der Waals surface area contributed by atoms with Gasteiger partial charge in [-0.05, 0) is 26.0 Å². The summed E-state index contributed by atoms with van der Waals surface area (Å²) < 4.78 is 5.18. The zero-order valence-electron chi connectivity index (χ0n) is 12.1. The van der Waals surface area contributed by atoms with Crippen molar-refractivity contribution in [1.82, 2.24) is 9.88 Å². The summed E-state index contributed by atoms with van der Waals surface area (Å²) in [7, 11) is 3.82. The second kappa shape index (κ2) is 6.35. The molecule has 2 N–H and O–H groups in total. The van der Waals surface area contributed by atoms with Gasteiger partial charge in [-0.3, -0.25) is 4.90 Å². The Bertz CT molecular complexity index is 402. The number of rotatable bonds is 5. The first-order valence-electron chi connectivity index (χ1n) is 7.11. The van der Waals surface area contributed by atoms with Gasteiger partial charge in [0.25, 0.3) is 0 Å². The summed E-state index contributed by atoms with van der Waals surface area (Å²) in [6, 6.07) is 5.92. The SMILES string of the molecule is COc1cccc(CN(C)C2(CN)CCCCC2)n1. The monoisotopic (exact) mass is 263 g/mol. The normalized spacial score (nSPS) is 18.5. The lowest BCUT2D eigenvalue weighted by molar-refractivity contribution is 0.0746. The molecular weight excluding hydrogens is 238 g/mol. The Morgan fingerprint density at radius 2 is 2.05 bits per heavy atom. The summed E-state index contributed by atoms with van der Waals surface area (Å²) >= 11 is 0. The molecule has 1 saturated carbocycles. The smallest absolute Gasteiger partial charge is 0.213 e. The summed E-state index contributed by atoms with van der Waals surface area (Å²) in [6.45, 7) is 1.56. The first kappa shape index (κ1) is 14.3. The van der Waals surface area contributed by atoms with E-state index in [9.17, 15) is 0 Å². The predicted octanol–water partition coefficient (Wildman–Crippen LogP) is 2.18. The van der Waals surface area contributed by atoms with E-state index in [1.165, 1.54) is 32.1 Å². The number of nitrogens with zero attached hydrogens (tertiary/aromatic N) is 2. The minimum Gasteiger partial charge on any atom is -0.481 e. The van der Waals surface area contributed by atoms with Crippen LogP contribution < -0.4 is 10.5 Å². The van der Waals surface area contributed by atoms with Gasteiger partial charge in [0, 0.05) is 24.7 Å². The zero-order valence-corrected chi connectivity index (χ0v) is 12.1. The number of nitrogens with two attached hydrogens (primary N) is 1. The molecule has 1 aromatic rings. The van der Waals surface area contributed by atoms with Crippen LogP contribution in [0.15, 0.2) is 18.2 Å². The molecule has 19 heavy (non-hydrogen) atoms. The highest BCUT2D eigenvalue weighted by Crippen LogP contribution is 2.32. The van der Waals surface area contributed by atoms with Gasteiger partial charge < -0.3 is 10.5 Å². The maximum atomic E-state index is 6.06. The number of ether oxygens (including phenoxy) is 1. The van der Waals surface area contributed by atoms with Crippen molar-refractivity contribution in [2.24, 2.45) is 5.73 Å². The van der Waals surface area contributed by atoms with Crippen molar-refractivity contribution in [1.29, 1.82) is 0 Å². The molecule has 1 fully saturated rings. The molecule has 0 unspecified atom stereocenters. The number of hydrogen-bond acceptors (Lipinski definition) is 4. The minimum absolute atomic E-state index is 0.156. The lowest BCUT2D eigenvalue weighted by atomic mass is 9.80. The highest BCUT2D eigenvalue weighted by atomic mass is 16.5. The fourth-order valence-electron chi connectivity index (χ4n) is 3.02. The molecule has 0 saturated heterocycles. The van der Waals surface area contributed by atoms with Crippen molar-refractivity contribution in [3.8, 4) is 5.88 Å². The van der Waals surface area contributed by atoms with Crippen LogP contribution >= 0.6 is 0 Å². The van der Waals surface area contributed by atoms with E-state index in [4.69, 9.17) is 10.5 Å². The molecule has 1 aliphatic rings. The number of hydrogen-bond donors (Lipinski definition) is 1. The third-order valence-electron chi connectivity index (χ3n) is 4.36. The van der Waals surface area contributed by atoms with Gasteiger partial charge in [-0.15, -0.1) is 0 Å². The zero-order chi connectivity index (χ0) is 13.7. The lowest BCUT2D eigenvalue weighted by Crippen LogP contribution is -2.52. The van der Waals surface area contributed by atoms with Crippen LogP contribution in [-0.2, 0) is 6.54 Å². The molecule has 0 amide bonds. The summed E-state index contributed by atoms with van der Waals surface area (Å²) in [4.78, 5) is 6.87. The summed E-state index contributed by atoms with van der Waals surface area (Å²) in [5.74, 6) is 0.677. The molecule has 0 bridgehead atoms. The van der Waals surface area contributed by atoms with Crippen LogP contribution in [0.2, 0.25) is 0 Å². The predicted molar refractivity (Wildman–Crippen MR) is 77.1 cm³/mol. The first-order chi connectivity index (χ1) is 9.20. The Morgan fingerprint density at radius 1 is 1.32 bits per heavy atom. The van der Waals surface area contributed by atoms with Crippen molar-refractivity contribution in [2.45, 2.75) is 44.2 Å². The lowest BCUT2D eigenvalue weighted by Gasteiger charge is -2.44. The van der Waals surface area contributed by atoms with Gasteiger partial charge in [0.2, 0.25) is 5.88 Å². The molecule has 1 aromatic heterocycles. The second-order valence-electron chi connectivity index (χ2n) is 5.52. The summed E-state index contributed by atoms with van der Waals surface area (Å²) in [6.07, 6.45) is 6.31. The van der Waals surface area contributed by atoms with Crippen LogP contribution in [0.1, 0.15) is 37.8 Å². The average molecular weight is 263 g/mol. The fraction of sp³-hybridized carbons (Fsp3) is 0.667. The summed E-state index contributed by atoms with van der Waals surface area (Å²) in [5.41, 5.74) is 7.26. The van der Waals surface area contributed by atoms with E-state index in [0.29, 0.717) is 5.88 Å². The standard InChI is InChI=1S/C15H25N3O/c1-18(15(12-16)9-4-3-5-10-15)11-13-7-6-8-14(17-13)19-2/h6-8H,3-5,9-12,16H2,1-2H3. The van der Waals surface area contributed by atoms with E-state index < -0.39 is 0 Å². The van der Waals surface area contributed by atoms with Crippen LogP contribution in [0.3, 0.4) is 0 Å². The number of methoxy groups -OCH3 is 1. The summed E-state index contributed by atoms with van der Waals surface area (Å²) in [5, 5.41) is 0. The van der Waals surface area contributed by atoms with Crippen molar-refractivity contribution in [2.75, 3.05) is 20.7 Å². The Morgan fingerprint density at radius 3 is 2.68 bits per heavy atom. The largest absolute Gasteiger partial charge is 0.481 e. The number of likely N-dealkylation sites (N-methyl/N-ethyl adjacent to an activating group) is 1. The topological polar surface area (TPSA) is 51.4 Å². The van der Waals surface area contributed by atoms with Crippen molar-refractivity contribution < 1.29 is 4.74 Å².